The molecular weight excluding hydrogens is 224 g/mol. The minimum Gasteiger partial charge on any atom is -0.456 e. The highest BCUT2D eigenvalue weighted by molar-refractivity contribution is 6.07. The quantitative estimate of drug-likeness (QED) is 0.593. The minimum atomic E-state index is 0.131. The van der Waals surface area contributed by atoms with Gasteiger partial charge in [0.2, 0.25) is 0 Å². The molecule has 0 saturated heterocycles. The fourth-order valence-electron chi connectivity index (χ4n) is 2.57. The third kappa shape index (κ3) is 1.26. The molecule has 0 N–H and O–H groups in total. The van der Waals surface area contributed by atoms with Crippen molar-refractivity contribution < 1.29 is 9.21 Å². The summed E-state index contributed by atoms with van der Waals surface area (Å²) in [6.07, 6.45) is 3.77. The van der Waals surface area contributed by atoms with E-state index in [4.69, 9.17) is 4.42 Å². The zero-order chi connectivity index (χ0) is 12.1. The number of carbonyl (C=O) groups is 1. The van der Waals surface area contributed by atoms with Gasteiger partial charge in [-0.15, -0.1) is 0 Å². The summed E-state index contributed by atoms with van der Waals surface area (Å²) < 4.78 is 5.87. The molecule has 2 nitrogen and oxygen atoms in total. The molecule has 86 valence electrons. The van der Waals surface area contributed by atoms with Crippen molar-refractivity contribution >= 4 is 33.6 Å². The van der Waals surface area contributed by atoms with Crippen molar-refractivity contribution in [2.75, 3.05) is 0 Å². The number of benzene rings is 1. The van der Waals surface area contributed by atoms with Crippen LogP contribution in [0.2, 0.25) is 0 Å². The van der Waals surface area contributed by atoms with E-state index in [1.165, 1.54) is 10.8 Å². The van der Waals surface area contributed by atoms with E-state index in [0.29, 0.717) is 6.42 Å². The van der Waals surface area contributed by atoms with Crippen LogP contribution in [0, 0.1) is 0 Å². The first kappa shape index (κ1) is 9.66. The van der Waals surface area contributed by atoms with Crippen LogP contribution in [0.15, 0.2) is 46.9 Å². The van der Waals surface area contributed by atoms with Gasteiger partial charge in [-0.2, -0.15) is 0 Å². The molecule has 18 heavy (non-hydrogen) atoms. The second kappa shape index (κ2) is 3.33. The molecular formula is C16H10O2. The molecule has 0 radical (unpaired) electrons. The summed E-state index contributed by atoms with van der Waals surface area (Å²) in [5.74, 6) is 0.930. The molecule has 2 heteroatoms. The fourth-order valence-corrected chi connectivity index (χ4v) is 2.57. The lowest BCUT2D eigenvalue weighted by atomic mass is 9.99. The predicted molar refractivity (Wildman–Crippen MR) is 71.5 cm³/mol. The van der Waals surface area contributed by atoms with Gasteiger partial charge in [0.1, 0.15) is 11.3 Å². The van der Waals surface area contributed by atoms with Crippen LogP contribution in [0.4, 0.5) is 0 Å². The highest BCUT2D eigenvalue weighted by Gasteiger charge is 2.14. The average Bonchev–Trinajstić information content (AvgIpc) is 2.85. The Labute approximate surface area is 104 Å². The van der Waals surface area contributed by atoms with Crippen molar-refractivity contribution in [1.29, 1.82) is 0 Å². The van der Waals surface area contributed by atoms with Crippen molar-refractivity contribution in [3.8, 4) is 0 Å². The number of hydrogen-bond acceptors (Lipinski definition) is 2. The number of carbonyl (C=O) groups excluding carboxylic acids is 1. The molecule has 0 atom stereocenters. The molecule has 0 spiro atoms. The first-order chi connectivity index (χ1) is 8.81. The van der Waals surface area contributed by atoms with E-state index in [1.54, 1.807) is 12.2 Å². The smallest absolute Gasteiger partial charge is 0.160 e. The molecule has 0 bridgehead atoms. The Hall–Kier alpha value is -2.35. The molecule has 2 aromatic carbocycles. The van der Waals surface area contributed by atoms with Crippen LogP contribution in [0.1, 0.15) is 11.3 Å². The lowest BCUT2D eigenvalue weighted by Crippen LogP contribution is -2.04. The monoisotopic (exact) mass is 234 g/mol. The van der Waals surface area contributed by atoms with Crippen molar-refractivity contribution in [2.45, 2.75) is 6.42 Å². The third-order valence-corrected chi connectivity index (χ3v) is 3.46. The second-order valence-electron chi connectivity index (χ2n) is 4.62. The Balaban J connectivity index is 2.13. The Morgan fingerprint density at radius 3 is 2.89 bits per heavy atom. The Kier molecular flexibility index (Phi) is 1.78. The number of fused-ring (bicyclic) bond motifs is 4. The maximum absolute atomic E-state index is 11.4. The van der Waals surface area contributed by atoms with Crippen LogP contribution in [-0.2, 0) is 11.2 Å². The summed E-state index contributed by atoms with van der Waals surface area (Å²) in [5.41, 5.74) is 1.84. The van der Waals surface area contributed by atoms with E-state index in [-0.39, 0.29) is 5.78 Å². The number of hydrogen-bond donors (Lipinski definition) is 0. The van der Waals surface area contributed by atoms with E-state index < -0.39 is 0 Å². The molecule has 1 heterocycles. The van der Waals surface area contributed by atoms with Crippen molar-refractivity contribution in [3.63, 3.8) is 0 Å². The van der Waals surface area contributed by atoms with Gasteiger partial charge in [-0.1, -0.05) is 24.3 Å². The fraction of sp³-hybridized carbons (Fsp3) is 0.0625. The highest BCUT2D eigenvalue weighted by Crippen LogP contribution is 2.30. The second-order valence-corrected chi connectivity index (χ2v) is 4.62. The van der Waals surface area contributed by atoms with Crippen LogP contribution in [-0.4, -0.2) is 5.78 Å². The van der Waals surface area contributed by atoms with Gasteiger partial charge < -0.3 is 4.42 Å². The normalized spacial score (nSPS) is 14.3. The first-order valence-corrected chi connectivity index (χ1v) is 5.96. The van der Waals surface area contributed by atoms with E-state index in [9.17, 15) is 4.79 Å². The molecule has 1 aromatic heterocycles. The SMILES string of the molecule is O=C1C=Cc2oc3ccc4cccc4c3cc2C1. The molecule has 4 rings (SSSR count). The van der Waals surface area contributed by atoms with Crippen LogP contribution in [0.3, 0.4) is 0 Å². The summed E-state index contributed by atoms with van der Waals surface area (Å²) in [7, 11) is 0. The van der Waals surface area contributed by atoms with Gasteiger partial charge in [0.15, 0.2) is 5.78 Å². The maximum atomic E-state index is 11.4. The summed E-state index contributed by atoms with van der Waals surface area (Å²) in [5, 5.41) is 3.47. The van der Waals surface area contributed by atoms with Crippen LogP contribution >= 0.6 is 0 Å². The summed E-state index contributed by atoms with van der Waals surface area (Å²) in [6, 6.07) is 12.3. The topological polar surface area (TPSA) is 30.2 Å². The van der Waals surface area contributed by atoms with Gasteiger partial charge in [-0.25, -0.2) is 0 Å². The van der Waals surface area contributed by atoms with Crippen molar-refractivity contribution in [1.82, 2.24) is 0 Å². The predicted octanol–water partition coefficient (Wildman–Crippen LogP) is 3.72. The zero-order valence-electron chi connectivity index (χ0n) is 9.64. The Morgan fingerprint density at radius 2 is 1.94 bits per heavy atom. The van der Waals surface area contributed by atoms with Gasteiger partial charge in [-0.3, -0.25) is 4.79 Å². The molecule has 0 fully saturated rings. The van der Waals surface area contributed by atoms with Crippen molar-refractivity contribution in [3.05, 3.63) is 53.8 Å². The van der Waals surface area contributed by atoms with Gasteiger partial charge >= 0.3 is 0 Å². The molecule has 1 aliphatic carbocycles. The summed E-state index contributed by atoms with van der Waals surface area (Å²) in [4.78, 5) is 11.4. The molecule has 0 saturated carbocycles. The minimum absolute atomic E-state index is 0.131. The third-order valence-electron chi connectivity index (χ3n) is 3.46. The largest absolute Gasteiger partial charge is 0.456 e. The lowest BCUT2D eigenvalue weighted by molar-refractivity contribution is -0.114. The van der Waals surface area contributed by atoms with E-state index in [0.717, 1.165) is 22.3 Å². The van der Waals surface area contributed by atoms with Crippen LogP contribution < -0.4 is 0 Å². The average molecular weight is 234 g/mol. The number of rotatable bonds is 0. The molecule has 0 unspecified atom stereocenters. The van der Waals surface area contributed by atoms with Crippen molar-refractivity contribution in [2.24, 2.45) is 0 Å². The summed E-state index contributed by atoms with van der Waals surface area (Å²) in [6.45, 7) is 0. The lowest BCUT2D eigenvalue weighted by Gasteiger charge is -2.10. The molecule has 0 amide bonds. The van der Waals surface area contributed by atoms with Gasteiger partial charge in [-0.05, 0) is 35.1 Å². The first-order valence-electron chi connectivity index (χ1n) is 5.96. The van der Waals surface area contributed by atoms with Crippen LogP contribution in [0.5, 0.6) is 0 Å². The Morgan fingerprint density at radius 1 is 1.00 bits per heavy atom. The highest BCUT2D eigenvalue weighted by atomic mass is 16.3. The number of ketones is 1. The molecule has 3 aromatic rings. The number of allylic oxidation sites excluding steroid dienone is 1. The van der Waals surface area contributed by atoms with Gasteiger partial charge in [0.05, 0.1) is 0 Å². The van der Waals surface area contributed by atoms with Crippen LogP contribution in [0.25, 0.3) is 27.8 Å². The Bertz CT molecular complexity index is 822. The van der Waals surface area contributed by atoms with Gasteiger partial charge in [0.25, 0.3) is 0 Å². The zero-order valence-corrected chi connectivity index (χ0v) is 9.64. The van der Waals surface area contributed by atoms with E-state index >= 15 is 0 Å². The molecule has 0 aliphatic heterocycles. The maximum Gasteiger partial charge on any atom is 0.160 e. The summed E-state index contributed by atoms with van der Waals surface area (Å²) >= 11 is 0. The molecule has 1 aliphatic rings. The van der Waals surface area contributed by atoms with Gasteiger partial charge in [0, 0.05) is 17.4 Å². The standard InChI is InChI=1S/C16H10O2/c17-12-5-7-15-11(8-12)9-14-13-3-1-2-10(13)4-6-16(14)18-15/h1-7,9H,8H2. The van der Waals surface area contributed by atoms with E-state index in [1.807, 2.05) is 12.1 Å². The van der Waals surface area contributed by atoms with E-state index in [2.05, 4.69) is 24.3 Å².